The smallest absolute Gasteiger partial charge is 0.0230 e. The SMILES string of the molecule is C=C[C](C)c1ccc(CC)c(C2CC2)c1. The third-order valence-corrected chi connectivity index (χ3v) is 3.31. The van der Waals surface area contributed by atoms with Crippen LogP contribution < -0.4 is 0 Å². The third-order valence-electron chi connectivity index (χ3n) is 3.31. The Morgan fingerprint density at radius 2 is 2.20 bits per heavy atom. The van der Waals surface area contributed by atoms with E-state index in [2.05, 4.69) is 38.6 Å². The maximum absolute atomic E-state index is 3.83. The molecule has 1 fully saturated rings. The van der Waals surface area contributed by atoms with Gasteiger partial charge in [0, 0.05) is 5.92 Å². The number of hydrogen-bond donors (Lipinski definition) is 0. The molecule has 1 aromatic carbocycles. The van der Waals surface area contributed by atoms with E-state index >= 15 is 0 Å². The van der Waals surface area contributed by atoms with Crippen molar-refractivity contribution >= 4 is 0 Å². The van der Waals surface area contributed by atoms with Gasteiger partial charge in [-0.25, -0.2) is 0 Å². The van der Waals surface area contributed by atoms with E-state index in [4.69, 9.17) is 0 Å². The summed E-state index contributed by atoms with van der Waals surface area (Å²) in [6.45, 7) is 8.20. The normalized spacial score (nSPS) is 15.7. The van der Waals surface area contributed by atoms with E-state index in [1.807, 2.05) is 6.08 Å². The van der Waals surface area contributed by atoms with Crippen LogP contribution in [-0.2, 0) is 6.42 Å². The molecule has 0 heteroatoms. The molecule has 1 radical (unpaired) electrons. The summed E-state index contributed by atoms with van der Waals surface area (Å²) in [7, 11) is 0. The maximum Gasteiger partial charge on any atom is 0.0230 e. The van der Waals surface area contributed by atoms with Gasteiger partial charge in [0.15, 0.2) is 0 Å². The topological polar surface area (TPSA) is 0 Å². The van der Waals surface area contributed by atoms with Gasteiger partial charge in [0.1, 0.15) is 0 Å². The molecule has 1 aliphatic rings. The van der Waals surface area contributed by atoms with Gasteiger partial charge in [0.25, 0.3) is 0 Å². The molecule has 0 aromatic heterocycles. The standard InChI is InChI=1S/C15H19/c1-4-11(3)14-9-6-12(5-2)15(10-14)13-7-8-13/h4,6,9-10,13H,1,5,7-8H2,2-3H3. The summed E-state index contributed by atoms with van der Waals surface area (Å²) < 4.78 is 0. The lowest BCUT2D eigenvalue weighted by molar-refractivity contribution is 1.02. The summed E-state index contributed by atoms with van der Waals surface area (Å²) in [5.74, 6) is 2.12. The Hall–Kier alpha value is -1.04. The second-order valence-corrected chi connectivity index (χ2v) is 4.43. The molecule has 0 aliphatic heterocycles. The summed E-state index contributed by atoms with van der Waals surface area (Å²) in [6.07, 6.45) is 5.85. The van der Waals surface area contributed by atoms with Crippen molar-refractivity contribution in [1.29, 1.82) is 0 Å². The second kappa shape index (κ2) is 4.22. The summed E-state index contributed by atoms with van der Waals surface area (Å²) in [6, 6.07) is 6.88. The van der Waals surface area contributed by atoms with Crippen LogP contribution in [0, 0.1) is 5.92 Å². The molecule has 1 saturated carbocycles. The largest absolute Gasteiger partial charge is 0.102 e. The first-order valence-corrected chi connectivity index (χ1v) is 5.85. The fourth-order valence-corrected chi connectivity index (χ4v) is 2.05. The summed E-state index contributed by atoms with van der Waals surface area (Å²) >= 11 is 0. The minimum atomic E-state index is 0.845. The Labute approximate surface area is 93.0 Å². The Morgan fingerprint density at radius 1 is 1.47 bits per heavy atom. The van der Waals surface area contributed by atoms with Gasteiger partial charge in [-0.1, -0.05) is 38.1 Å². The lowest BCUT2D eigenvalue weighted by Gasteiger charge is -2.12. The van der Waals surface area contributed by atoms with Gasteiger partial charge < -0.3 is 0 Å². The molecule has 1 aliphatic carbocycles. The highest BCUT2D eigenvalue weighted by molar-refractivity contribution is 5.44. The first-order chi connectivity index (χ1) is 7.26. The third kappa shape index (κ3) is 2.14. The first kappa shape index (κ1) is 10.5. The van der Waals surface area contributed by atoms with E-state index in [-0.39, 0.29) is 0 Å². The van der Waals surface area contributed by atoms with Crippen molar-refractivity contribution in [1.82, 2.24) is 0 Å². The molecule has 0 heterocycles. The van der Waals surface area contributed by atoms with Crippen molar-refractivity contribution in [3.8, 4) is 0 Å². The molecule has 0 nitrogen and oxygen atoms in total. The Balaban J connectivity index is 2.35. The first-order valence-electron chi connectivity index (χ1n) is 5.85. The van der Waals surface area contributed by atoms with Crippen molar-refractivity contribution in [2.75, 3.05) is 0 Å². The zero-order valence-electron chi connectivity index (χ0n) is 9.72. The fraction of sp³-hybridized carbons (Fsp3) is 0.400. The van der Waals surface area contributed by atoms with Crippen LogP contribution in [0.5, 0.6) is 0 Å². The van der Waals surface area contributed by atoms with Crippen molar-refractivity contribution in [3.05, 3.63) is 53.5 Å². The van der Waals surface area contributed by atoms with Gasteiger partial charge in [0.2, 0.25) is 0 Å². The molecule has 0 spiro atoms. The molecule has 1 aromatic rings. The van der Waals surface area contributed by atoms with Crippen LogP contribution in [-0.4, -0.2) is 0 Å². The Morgan fingerprint density at radius 3 is 2.73 bits per heavy atom. The van der Waals surface area contributed by atoms with Gasteiger partial charge in [-0.05, 0) is 41.9 Å². The van der Waals surface area contributed by atoms with Crippen LogP contribution in [0.3, 0.4) is 0 Å². The van der Waals surface area contributed by atoms with Gasteiger partial charge in [-0.3, -0.25) is 0 Å². The van der Waals surface area contributed by atoms with Crippen molar-refractivity contribution in [2.45, 2.75) is 39.0 Å². The molecule has 0 saturated heterocycles. The lowest BCUT2D eigenvalue weighted by Crippen LogP contribution is -1.96. The van der Waals surface area contributed by atoms with E-state index in [0.717, 1.165) is 12.3 Å². The molecule has 0 atom stereocenters. The molecule has 0 amide bonds. The Kier molecular flexibility index (Phi) is 2.95. The molecule has 15 heavy (non-hydrogen) atoms. The molecular formula is C15H19. The summed E-state index contributed by atoms with van der Waals surface area (Å²) in [4.78, 5) is 0. The highest BCUT2D eigenvalue weighted by atomic mass is 14.3. The fourth-order valence-electron chi connectivity index (χ4n) is 2.05. The number of hydrogen-bond acceptors (Lipinski definition) is 0. The number of allylic oxidation sites excluding steroid dienone is 1. The number of rotatable bonds is 4. The number of benzene rings is 1. The van der Waals surface area contributed by atoms with E-state index in [0.29, 0.717) is 0 Å². The van der Waals surface area contributed by atoms with Gasteiger partial charge >= 0.3 is 0 Å². The van der Waals surface area contributed by atoms with E-state index in [1.165, 1.54) is 29.9 Å². The van der Waals surface area contributed by atoms with E-state index < -0.39 is 0 Å². The second-order valence-electron chi connectivity index (χ2n) is 4.43. The van der Waals surface area contributed by atoms with Crippen molar-refractivity contribution in [3.63, 3.8) is 0 Å². The van der Waals surface area contributed by atoms with E-state index in [1.54, 1.807) is 5.56 Å². The molecular weight excluding hydrogens is 180 g/mol. The van der Waals surface area contributed by atoms with Crippen LogP contribution in [0.2, 0.25) is 0 Å². The number of aryl methyl sites for hydroxylation is 1. The maximum atomic E-state index is 3.83. The van der Waals surface area contributed by atoms with Crippen LogP contribution in [0.1, 0.15) is 49.3 Å². The van der Waals surface area contributed by atoms with Gasteiger partial charge in [0.05, 0.1) is 0 Å². The molecule has 0 unspecified atom stereocenters. The van der Waals surface area contributed by atoms with E-state index in [9.17, 15) is 0 Å². The summed E-state index contributed by atoms with van der Waals surface area (Å²) in [5.41, 5.74) is 4.44. The van der Waals surface area contributed by atoms with Gasteiger partial charge in [-0.2, -0.15) is 0 Å². The zero-order chi connectivity index (χ0) is 10.8. The predicted octanol–water partition coefficient (Wildman–Crippen LogP) is 4.25. The molecule has 0 N–H and O–H groups in total. The predicted molar refractivity (Wildman–Crippen MR) is 66.0 cm³/mol. The zero-order valence-corrected chi connectivity index (χ0v) is 9.72. The van der Waals surface area contributed by atoms with Crippen LogP contribution in [0.4, 0.5) is 0 Å². The molecule has 79 valence electrons. The van der Waals surface area contributed by atoms with Crippen molar-refractivity contribution < 1.29 is 0 Å². The average Bonchev–Trinajstić information content (AvgIpc) is 3.11. The minimum Gasteiger partial charge on any atom is -0.102 e. The average molecular weight is 199 g/mol. The minimum absolute atomic E-state index is 0.845. The lowest BCUT2D eigenvalue weighted by atomic mass is 9.93. The van der Waals surface area contributed by atoms with Gasteiger partial charge in [-0.15, -0.1) is 6.58 Å². The summed E-state index contributed by atoms with van der Waals surface area (Å²) in [5, 5.41) is 0. The Bertz CT molecular complexity index is 358. The molecule has 2 rings (SSSR count). The van der Waals surface area contributed by atoms with Crippen LogP contribution >= 0.6 is 0 Å². The van der Waals surface area contributed by atoms with Crippen molar-refractivity contribution in [2.24, 2.45) is 0 Å². The van der Waals surface area contributed by atoms with Crippen LogP contribution in [0.25, 0.3) is 0 Å². The monoisotopic (exact) mass is 199 g/mol. The van der Waals surface area contributed by atoms with Crippen LogP contribution in [0.15, 0.2) is 30.9 Å². The highest BCUT2D eigenvalue weighted by Gasteiger charge is 2.25. The quantitative estimate of drug-likeness (QED) is 0.680. The molecule has 0 bridgehead atoms. The highest BCUT2D eigenvalue weighted by Crippen LogP contribution is 2.42.